The smallest absolute Gasteiger partial charge is 0.311 e. The van der Waals surface area contributed by atoms with Crippen LogP contribution >= 0.6 is 23.2 Å². The number of amides is 1. The van der Waals surface area contributed by atoms with E-state index in [2.05, 4.69) is 25.9 Å². The predicted molar refractivity (Wildman–Crippen MR) is 137 cm³/mol. The van der Waals surface area contributed by atoms with E-state index in [1.165, 1.54) is 0 Å². The van der Waals surface area contributed by atoms with E-state index < -0.39 is 6.04 Å². The molecular weight excluding hydrogens is 489 g/mol. The second-order valence-corrected chi connectivity index (χ2v) is 9.56. The van der Waals surface area contributed by atoms with Crippen LogP contribution in [0, 0.1) is 5.92 Å². The molecule has 0 radical (unpaired) electrons. The van der Waals surface area contributed by atoms with Crippen molar-refractivity contribution >= 4 is 40.9 Å². The van der Waals surface area contributed by atoms with Gasteiger partial charge in [-0.05, 0) is 43.7 Å². The lowest BCUT2D eigenvalue weighted by Crippen LogP contribution is -2.47. The highest BCUT2D eigenvalue weighted by Gasteiger charge is 2.28. The standard InChI is InChI=1S/C25H27Cl2N5O3/c1-14(2)31-23-8-19(20(27)12-30-23)16-7-21(29-11-16)24(33)32-22(15-4-3-5-18(26)6-15)13-35-25(34)17-9-28-10-17/h3-8,11-12,14,17,22,28-29H,9-10,13H2,1-2H3,(H,30,31)(H,32,33)/t22-/m1/s1. The van der Waals surface area contributed by atoms with E-state index in [4.69, 9.17) is 27.9 Å². The molecule has 0 aliphatic carbocycles. The van der Waals surface area contributed by atoms with E-state index >= 15 is 0 Å². The quantitative estimate of drug-likeness (QED) is 0.314. The van der Waals surface area contributed by atoms with E-state index in [1.54, 1.807) is 36.7 Å². The minimum absolute atomic E-state index is 0.00457. The molecule has 0 bridgehead atoms. The molecule has 1 fully saturated rings. The number of ether oxygens (including phenoxy) is 1. The van der Waals surface area contributed by atoms with Crippen LogP contribution in [-0.4, -0.2) is 47.6 Å². The maximum atomic E-state index is 13.1. The lowest BCUT2D eigenvalue weighted by Gasteiger charge is -2.26. The van der Waals surface area contributed by atoms with Gasteiger partial charge in [-0.3, -0.25) is 9.59 Å². The first-order valence-corrected chi connectivity index (χ1v) is 12.1. The second-order valence-electron chi connectivity index (χ2n) is 8.72. The molecule has 1 saturated heterocycles. The molecule has 8 nitrogen and oxygen atoms in total. The molecule has 35 heavy (non-hydrogen) atoms. The summed E-state index contributed by atoms with van der Waals surface area (Å²) in [7, 11) is 0. The van der Waals surface area contributed by atoms with Crippen LogP contribution in [0.2, 0.25) is 10.0 Å². The molecule has 1 atom stereocenters. The molecule has 10 heteroatoms. The Kier molecular flexibility index (Phi) is 7.95. The molecule has 4 rings (SSSR count). The van der Waals surface area contributed by atoms with E-state index in [0.717, 1.165) is 16.7 Å². The fourth-order valence-electron chi connectivity index (χ4n) is 3.63. The minimum atomic E-state index is -0.573. The number of benzene rings is 1. The highest BCUT2D eigenvalue weighted by atomic mass is 35.5. The Morgan fingerprint density at radius 2 is 2.00 bits per heavy atom. The molecule has 0 spiro atoms. The number of halogens is 2. The molecule has 1 aromatic carbocycles. The summed E-state index contributed by atoms with van der Waals surface area (Å²) in [5, 5.41) is 10.2. The van der Waals surface area contributed by atoms with Gasteiger partial charge in [0.15, 0.2) is 0 Å². The number of H-pyrrole nitrogens is 1. The third-order valence-corrected chi connectivity index (χ3v) is 6.13. The molecule has 0 saturated carbocycles. The number of carbonyl (C=O) groups is 2. The number of pyridine rings is 1. The Morgan fingerprint density at radius 1 is 1.20 bits per heavy atom. The van der Waals surface area contributed by atoms with Crippen LogP contribution in [0.25, 0.3) is 11.1 Å². The summed E-state index contributed by atoms with van der Waals surface area (Å²) < 4.78 is 5.50. The third-order valence-electron chi connectivity index (χ3n) is 5.59. The average molecular weight is 516 g/mol. The van der Waals surface area contributed by atoms with Crippen LogP contribution < -0.4 is 16.0 Å². The van der Waals surface area contributed by atoms with Crippen LogP contribution in [0.15, 0.2) is 48.8 Å². The summed E-state index contributed by atoms with van der Waals surface area (Å²) in [4.78, 5) is 32.7. The lowest BCUT2D eigenvalue weighted by molar-refractivity contribution is -0.151. The van der Waals surface area contributed by atoms with Crippen molar-refractivity contribution in [1.82, 2.24) is 20.6 Å². The van der Waals surface area contributed by atoms with Crippen molar-refractivity contribution in [2.24, 2.45) is 5.92 Å². The average Bonchev–Trinajstić information content (AvgIpc) is 3.26. The van der Waals surface area contributed by atoms with Crippen molar-refractivity contribution in [2.45, 2.75) is 25.9 Å². The maximum Gasteiger partial charge on any atom is 0.311 e. The molecule has 4 N–H and O–H groups in total. The number of aromatic nitrogens is 2. The van der Waals surface area contributed by atoms with Gasteiger partial charge in [0.05, 0.1) is 17.0 Å². The van der Waals surface area contributed by atoms with Crippen LogP contribution in [0.4, 0.5) is 5.82 Å². The second kappa shape index (κ2) is 11.1. The van der Waals surface area contributed by atoms with Crippen LogP contribution in [0.5, 0.6) is 0 Å². The number of esters is 1. The zero-order valence-corrected chi connectivity index (χ0v) is 20.9. The number of rotatable bonds is 9. The number of carbonyl (C=O) groups excluding carboxylic acids is 2. The summed E-state index contributed by atoms with van der Waals surface area (Å²) in [5.74, 6) is -0.105. The van der Waals surface area contributed by atoms with Gasteiger partial charge in [-0.1, -0.05) is 35.3 Å². The first-order valence-electron chi connectivity index (χ1n) is 11.3. The molecule has 0 unspecified atom stereocenters. The number of hydrogen-bond acceptors (Lipinski definition) is 6. The molecular formula is C25H27Cl2N5O3. The van der Waals surface area contributed by atoms with Gasteiger partial charge in [-0.15, -0.1) is 0 Å². The van der Waals surface area contributed by atoms with Crippen LogP contribution in [0.1, 0.15) is 35.9 Å². The molecule has 1 amide bonds. The highest BCUT2D eigenvalue weighted by Crippen LogP contribution is 2.30. The fraction of sp³-hybridized carbons (Fsp3) is 0.320. The van der Waals surface area contributed by atoms with Gasteiger partial charge >= 0.3 is 5.97 Å². The SMILES string of the molecule is CC(C)Nc1cc(-c2c[nH]c(C(=O)N[C@H](COC(=O)C3CNC3)c3cccc(Cl)c3)c2)c(Cl)cn1. The summed E-state index contributed by atoms with van der Waals surface area (Å²) in [5.41, 5.74) is 2.57. The normalized spacial score (nSPS) is 14.3. The van der Waals surface area contributed by atoms with Crippen molar-refractivity contribution in [1.29, 1.82) is 0 Å². The van der Waals surface area contributed by atoms with Crippen LogP contribution in [0.3, 0.4) is 0 Å². The summed E-state index contributed by atoms with van der Waals surface area (Å²) in [6.07, 6.45) is 3.29. The van der Waals surface area contributed by atoms with Gasteiger partial charge < -0.3 is 25.7 Å². The van der Waals surface area contributed by atoms with Gasteiger partial charge in [-0.25, -0.2) is 4.98 Å². The van der Waals surface area contributed by atoms with Crippen molar-refractivity contribution in [2.75, 3.05) is 25.0 Å². The highest BCUT2D eigenvalue weighted by molar-refractivity contribution is 6.33. The zero-order chi connectivity index (χ0) is 24.9. The largest absolute Gasteiger partial charge is 0.463 e. The van der Waals surface area contributed by atoms with Gasteiger partial charge in [0, 0.05) is 47.7 Å². The monoisotopic (exact) mass is 515 g/mol. The Balaban J connectivity index is 1.51. The van der Waals surface area contributed by atoms with Crippen molar-refractivity contribution < 1.29 is 14.3 Å². The topological polar surface area (TPSA) is 108 Å². The Bertz CT molecular complexity index is 1210. The van der Waals surface area contributed by atoms with Gasteiger partial charge in [0.25, 0.3) is 5.91 Å². The molecule has 1 aliphatic heterocycles. The van der Waals surface area contributed by atoms with Crippen molar-refractivity contribution in [3.63, 3.8) is 0 Å². The minimum Gasteiger partial charge on any atom is -0.463 e. The van der Waals surface area contributed by atoms with Crippen LogP contribution in [-0.2, 0) is 9.53 Å². The number of aromatic amines is 1. The third kappa shape index (κ3) is 6.33. The van der Waals surface area contributed by atoms with E-state index in [1.807, 2.05) is 26.0 Å². The number of nitrogens with one attached hydrogen (secondary N) is 4. The fourth-order valence-corrected chi connectivity index (χ4v) is 4.05. The zero-order valence-electron chi connectivity index (χ0n) is 19.4. The summed E-state index contributed by atoms with van der Waals surface area (Å²) >= 11 is 12.5. The molecule has 2 aromatic heterocycles. The number of anilines is 1. The maximum absolute atomic E-state index is 13.1. The van der Waals surface area contributed by atoms with E-state index in [9.17, 15) is 9.59 Å². The number of hydrogen-bond donors (Lipinski definition) is 4. The Morgan fingerprint density at radius 3 is 2.69 bits per heavy atom. The van der Waals surface area contributed by atoms with Gasteiger partial charge in [0.1, 0.15) is 18.1 Å². The summed E-state index contributed by atoms with van der Waals surface area (Å²) in [6, 6.07) is 10.3. The predicted octanol–water partition coefficient (Wildman–Crippen LogP) is 4.44. The van der Waals surface area contributed by atoms with Crippen molar-refractivity contribution in [3.8, 4) is 11.1 Å². The Labute approximate surface area is 213 Å². The van der Waals surface area contributed by atoms with E-state index in [0.29, 0.717) is 34.6 Å². The molecule has 3 heterocycles. The lowest BCUT2D eigenvalue weighted by atomic mass is 10.0. The molecule has 3 aromatic rings. The first-order chi connectivity index (χ1) is 16.8. The van der Waals surface area contributed by atoms with E-state index in [-0.39, 0.29) is 30.4 Å². The molecule has 1 aliphatic rings. The molecule has 184 valence electrons. The van der Waals surface area contributed by atoms with Gasteiger partial charge in [0.2, 0.25) is 0 Å². The first kappa shape index (κ1) is 25.0. The summed E-state index contributed by atoms with van der Waals surface area (Å²) in [6.45, 7) is 5.24. The number of nitrogens with zero attached hydrogens (tertiary/aromatic N) is 1. The van der Waals surface area contributed by atoms with Crippen molar-refractivity contribution in [3.05, 3.63) is 70.1 Å². The van der Waals surface area contributed by atoms with Gasteiger partial charge in [-0.2, -0.15) is 0 Å². The Hall–Kier alpha value is -3.07.